The highest BCUT2D eigenvalue weighted by molar-refractivity contribution is 6.99. The molecule has 4 rings (SSSR count). The maximum Gasteiger partial charge on any atom is 0.408 e. The van der Waals surface area contributed by atoms with Crippen LogP contribution in [0.4, 0.5) is 4.79 Å². The molecule has 0 fully saturated rings. The van der Waals surface area contributed by atoms with Crippen LogP contribution in [0.5, 0.6) is 0 Å². The molecule has 49 heavy (non-hydrogen) atoms. The third-order valence-electron chi connectivity index (χ3n) is 8.32. The van der Waals surface area contributed by atoms with E-state index in [0.717, 1.165) is 11.1 Å². The number of rotatable bonds is 17. The van der Waals surface area contributed by atoms with Gasteiger partial charge >= 0.3 is 12.1 Å². The molecular formula is C40H48N2O6Si. The fourth-order valence-corrected chi connectivity index (χ4v) is 10.4. The molecule has 258 valence electrons. The van der Waals surface area contributed by atoms with E-state index in [-0.39, 0.29) is 30.6 Å². The molecule has 0 spiro atoms. The molecule has 0 aliphatic carbocycles. The molecule has 0 unspecified atom stereocenters. The molecule has 0 aromatic heterocycles. The number of unbranched alkanes of at least 4 members (excludes halogenated alkanes) is 1. The van der Waals surface area contributed by atoms with Crippen LogP contribution in [0, 0.1) is 0 Å². The Bertz CT molecular complexity index is 1540. The molecule has 0 aliphatic heterocycles. The lowest BCUT2D eigenvalue weighted by Crippen LogP contribution is -2.66. The van der Waals surface area contributed by atoms with Crippen molar-refractivity contribution in [3.8, 4) is 0 Å². The molecule has 2 N–H and O–H groups in total. The zero-order valence-electron chi connectivity index (χ0n) is 28.7. The summed E-state index contributed by atoms with van der Waals surface area (Å²) in [4.78, 5) is 38.5. The smallest absolute Gasteiger partial charge is 0.408 e. The van der Waals surface area contributed by atoms with E-state index in [9.17, 15) is 14.4 Å². The number of hydrogen-bond acceptors (Lipinski definition) is 6. The summed E-state index contributed by atoms with van der Waals surface area (Å²) < 4.78 is 17.7. The average molecular weight is 681 g/mol. The van der Waals surface area contributed by atoms with Crippen molar-refractivity contribution < 1.29 is 28.3 Å². The van der Waals surface area contributed by atoms with Crippen LogP contribution in [0.2, 0.25) is 5.04 Å². The molecule has 9 heteroatoms. The highest BCUT2D eigenvalue weighted by Crippen LogP contribution is 2.36. The second kappa shape index (κ2) is 18.7. The predicted molar refractivity (Wildman–Crippen MR) is 195 cm³/mol. The van der Waals surface area contributed by atoms with Gasteiger partial charge in [0.2, 0.25) is 5.91 Å². The van der Waals surface area contributed by atoms with Crippen LogP contribution >= 0.6 is 0 Å². The molecule has 0 bridgehead atoms. The number of ether oxygens (including phenoxy) is 2. The molecule has 4 aromatic carbocycles. The second-order valence-electron chi connectivity index (χ2n) is 13.0. The van der Waals surface area contributed by atoms with E-state index in [1.807, 2.05) is 97.1 Å². The number of alkyl carbamates (subject to hydrolysis) is 1. The zero-order chi connectivity index (χ0) is 35.0. The fourth-order valence-electron chi connectivity index (χ4n) is 5.83. The monoisotopic (exact) mass is 680 g/mol. The van der Waals surface area contributed by atoms with Gasteiger partial charge in [0.25, 0.3) is 8.32 Å². The van der Waals surface area contributed by atoms with E-state index < -0.39 is 26.4 Å². The molecular weight excluding hydrogens is 633 g/mol. The lowest BCUT2D eigenvalue weighted by Gasteiger charge is -2.43. The van der Waals surface area contributed by atoms with Crippen molar-refractivity contribution in [3.05, 3.63) is 132 Å². The fraction of sp³-hybridized carbons (Fsp3) is 0.325. The van der Waals surface area contributed by atoms with Crippen molar-refractivity contribution in [2.45, 2.75) is 70.7 Å². The molecule has 0 radical (unpaired) electrons. The number of carbonyl (C=O) groups is 3. The van der Waals surface area contributed by atoms with Crippen LogP contribution in [-0.2, 0) is 36.7 Å². The Morgan fingerprint density at radius 1 is 0.673 bits per heavy atom. The number of hydrogen-bond donors (Lipinski definition) is 2. The molecule has 1 atom stereocenters. The first-order chi connectivity index (χ1) is 23.7. The van der Waals surface area contributed by atoms with Gasteiger partial charge in [-0.2, -0.15) is 0 Å². The van der Waals surface area contributed by atoms with Crippen LogP contribution < -0.4 is 21.0 Å². The Hall–Kier alpha value is -4.73. The largest absolute Gasteiger partial charge is 0.459 e. The Labute approximate surface area is 291 Å². The minimum atomic E-state index is -2.72. The molecule has 4 aromatic rings. The van der Waals surface area contributed by atoms with Gasteiger partial charge in [-0.1, -0.05) is 142 Å². The standard InChI is InChI=1S/C40H48N2O6Si/c1-40(2,3)49(34-22-12-6-13-23-34,35-24-14-7-15-25-35)48-29-27-37(43)41-28-17-16-26-36(38(44)46-30-32-18-8-4-9-19-32)42-39(45)47-31-33-20-10-5-11-21-33/h4-15,18-25,36H,16-17,26-31H2,1-3H3,(H,41,43)(H,42,45)/t36-/m0/s1. The van der Waals surface area contributed by atoms with Crippen molar-refractivity contribution in [2.75, 3.05) is 13.2 Å². The van der Waals surface area contributed by atoms with Crippen molar-refractivity contribution in [1.29, 1.82) is 0 Å². The van der Waals surface area contributed by atoms with Gasteiger partial charge in [-0.3, -0.25) is 4.79 Å². The number of carbonyl (C=O) groups excluding carboxylic acids is 3. The number of amides is 2. The molecule has 8 nitrogen and oxygen atoms in total. The summed E-state index contributed by atoms with van der Waals surface area (Å²) in [6, 6.07) is 38.5. The lowest BCUT2D eigenvalue weighted by atomic mass is 10.1. The summed E-state index contributed by atoms with van der Waals surface area (Å²) >= 11 is 0. The van der Waals surface area contributed by atoms with E-state index in [4.69, 9.17) is 13.9 Å². The molecule has 0 aliphatic rings. The van der Waals surface area contributed by atoms with Crippen molar-refractivity contribution in [3.63, 3.8) is 0 Å². The van der Waals surface area contributed by atoms with Gasteiger partial charge in [-0.15, -0.1) is 0 Å². The number of nitrogens with one attached hydrogen (secondary N) is 2. The SMILES string of the molecule is CC(C)(C)[Si](OCCC(=O)NCCCC[C@H](NC(=O)OCc1ccccc1)C(=O)OCc1ccccc1)(c1ccccc1)c1ccccc1. The minimum absolute atomic E-state index is 0.0876. The van der Waals surface area contributed by atoms with Crippen LogP contribution in [0.15, 0.2) is 121 Å². The molecule has 0 saturated carbocycles. The van der Waals surface area contributed by atoms with Crippen LogP contribution in [0.25, 0.3) is 0 Å². The molecule has 0 heterocycles. The predicted octanol–water partition coefficient (Wildman–Crippen LogP) is 6.28. The first kappa shape index (κ1) is 37.1. The van der Waals surface area contributed by atoms with E-state index in [2.05, 4.69) is 55.7 Å². The maximum absolute atomic E-state index is 13.0. The summed E-state index contributed by atoms with van der Waals surface area (Å²) in [5.74, 6) is -0.635. The topological polar surface area (TPSA) is 103 Å². The zero-order valence-corrected chi connectivity index (χ0v) is 29.7. The Morgan fingerprint density at radius 3 is 1.67 bits per heavy atom. The van der Waals surface area contributed by atoms with Gasteiger partial charge in [0.05, 0.1) is 0 Å². The van der Waals surface area contributed by atoms with Crippen molar-refractivity contribution in [2.24, 2.45) is 0 Å². The second-order valence-corrected chi connectivity index (χ2v) is 17.3. The number of esters is 1. The number of benzene rings is 4. The maximum atomic E-state index is 13.0. The molecule has 2 amide bonds. The van der Waals surface area contributed by atoms with Gasteiger partial charge in [-0.25, -0.2) is 9.59 Å². The van der Waals surface area contributed by atoms with E-state index in [1.54, 1.807) is 0 Å². The van der Waals surface area contributed by atoms with Gasteiger partial charge in [0.15, 0.2) is 0 Å². The first-order valence-corrected chi connectivity index (χ1v) is 18.8. The van der Waals surface area contributed by atoms with E-state index in [0.29, 0.717) is 32.4 Å². The van der Waals surface area contributed by atoms with Gasteiger partial charge in [0, 0.05) is 19.6 Å². The summed E-state index contributed by atoms with van der Waals surface area (Å²) in [7, 11) is -2.72. The van der Waals surface area contributed by atoms with Crippen LogP contribution in [0.1, 0.15) is 57.6 Å². The first-order valence-electron chi connectivity index (χ1n) is 16.9. The summed E-state index contributed by atoms with van der Waals surface area (Å²) in [5, 5.41) is 7.82. The third-order valence-corrected chi connectivity index (χ3v) is 13.4. The highest BCUT2D eigenvalue weighted by atomic mass is 28.4. The van der Waals surface area contributed by atoms with Crippen molar-refractivity contribution >= 4 is 36.7 Å². The van der Waals surface area contributed by atoms with E-state index in [1.165, 1.54) is 10.4 Å². The normalized spacial score (nSPS) is 12.1. The van der Waals surface area contributed by atoms with Crippen LogP contribution in [-0.4, -0.2) is 45.5 Å². The Kier molecular flexibility index (Phi) is 14.2. The van der Waals surface area contributed by atoms with Gasteiger partial charge in [0.1, 0.15) is 19.3 Å². The van der Waals surface area contributed by atoms with E-state index >= 15 is 0 Å². The minimum Gasteiger partial charge on any atom is -0.459 e. The molecule has 0 saturated heterocycles. The highest BCUT2D eigenvalue weighted by Gasteiger charge is 2.50. The van der Waals surface area contributed by atoms with Gasteiger partial charge in [-0.05, 0) is 45.8 Å². The third kappa shape index (κ3) is 11.2. The quantitative estimate of drug-likeness (QED) is 0.0774. The Morgan fingerprint density at radius 2 is 1.16 bits per heavy atom. The summed E-state index contributed by atoms with van der Waals surface area (Å²) in [5.41, 5.74) is 1.69. The lowest BCUT2D eigenvalue weighted by molar-refractivity contribution is -0.147. The Balaban J connectivity index is 1.27. The summed E-state index contributed by atoms with van der Waals surface area (Å²) in [6.45, 7) is 7.55. The van der Waals surface area contributed by atoms with Gasteiger partial charge < -0.3 is 24.5 Å². The summed E-state index contributed by atoms with van der Waals surface area (Å²) in [6.07, 6.45) is 1.06. The van der Waals surface area contributed by atoms with Crippen LogP contribution in [0.3, 0.4) is 0 Å². The average Bonchev–Trinajstić information content (AvgIpc) is 3.12. The van der Waals surface area contributed by atoms with Crippen molar-refractivity contribution in [1.82, 2.24) is 10.6 Å².